The second-order valence-electron chi connectivity index (χ2n) is 7.95. The first-order valence-corrected chi connectivity index (χ1v) is 11.7. The van der Waals surface area contributed by atoms with Gasteiger partial charge in [-0.2, -0.15) is 5.10 Å². The van der Waals surface area contributed by atoms with Gasteiger partial charge in [-0.25, -0.2) is 22.9 Å². The first kappa shape index (κ1) is 19.2. The molecule has 0 radical (unpaired) electrons. The van der Waals surface area contributed by atoms with Gasteiger partial charge in [0.1, 0.15) is 0 Å². The van der Waals surface area contributed by atoms with Crippen LogP contribution in [-0.2, 0) is 21.2 Å². The van der Waals surface area contributed by atoms with Crippen LogP contribution in [0.15, 0.2) is 10.5 Å². The normalized spacial score (nSPS) is 20.7. The van der Waals surface area contributed by atoms with Crippen molar-refractivity contribution in [3.8, 4) is 0 Å². The lowest BCUT2D eigenvalue weighted by atomic mass is 10.1. The van der Waals surface area contributed by atoms with Crippen LogP contribution in [0.2, 0.25) is 0 Å². The number of aryl methyl sites for hydroxylation is 2. The predicted molar refractivity (Wildman–Crippen MR) is 105 cm³/mol. The Labute approximate surface area is 172 Å². The third kappa shape index (κ3) is 3.47. The molecule has 2 aliphatic rings. The number of carbonyl (C=O) groups is 1. The van der Waals surface area contributed by atoms with Gasteiger partial charge in [0.2, 0.25) is 5.89 Å². The van der Waals surface area contributed by atoms with Gasteiger partial charge in [0.05, 0.1) is 34.2 Å². The highest BCUT2D eigenvalue weighted by molar-refractivity contribution is 7.91. The van der Waals surface area contributed by atoms with Crippen molar-refractivity contribution in [3.63, 3.8) is 0 Å². The molecule has 0 spiro atoms. The Hall–Kier alpha value is -2.82. The fourth-order valence-electron chi connectivity index (χ4n) is 3.91. The first-order chi connectivity index (χ1) is 14.3. The van der Waals surface area contributed by atoms with E-state index in [1.165, 1.54) is 0 Å². The van der Waals surface area contributed by atoms with Crippen molar-refractivity contribution in [1.82, 2.24) is 25.0 Å². The van der Waals surface area contributed by atoms with Crippen LogP contribution in [0.25, 0.3) is 11.0 Å². The van der Waals surface area contributed by atoms with E-state index in [4.69, 9.17) is 14.1 Å². The van der Waals surface area contributed by atoms with E-state index < -0.39 is 15.8 Å². The lowest BCUT2D eigenvalue weighted by Crippen LogP contribution is -2.14. The molecule has 11 heteroatoms. The van der Waals surface area contributed by atoms with Gasteiger partial charge in [-0.05, 0) is 32.3 Å². The fourth-order valence-corrected chi connectivity index (χ4v) is 5.60. The maximum Gasteiger partial charge on any atom is 0.339 e. The van der Waals surface area contributed by atoms with Crippen LogP contribution in [0.3, 0.4) is 0 Å². The summed E-state index contributed by atoms with van der Waals surface area (Å²) in [7, 11) is -3.08. The molecule has 0 aromatic carbocycles. The first-order valence-electron chi connectivity index (χ1n) is 9.87. The number of rotatable bonds is 5. The van der Waals surface area contributed by atoms with E-state index in [0.29, 0.717) is 40.5 Å². The molecular weight excluding hydrogens is 410 g/mol. The number of hydrogen-bond acceptors (Lipinski definition) is 9. The van der Waals surface area contributed by atoms with E-state index in [-0.39, 0.29) is 30.0 Å². The Morgan fingerprint density at radius 2 is 2.07 bits per heavy atom. The Balaban J connectivity index is 1.54. The van der Waals surface area contributed by atoms with E-state index in [9.17, 15) is 13.2 Å². The highest BCUT2D eigenvalue weighted by Crippen LogP contribution is 2.41. The summed E-state index contributed by atoms with van der Waals surface area (Å²) in [6.07, 6.45) is 2.52. The molecule has 3 aromatic heterocycles. The maximum atomic E-state index is 12.9. The summed E-state index contributed by atoms with van der Waals surface area (Å²) in [4.78, 5) is 17.7. The Morgan fingerprint density at radius 3 is 2.70 bits per heavy atom. The van der Waals surface area contributed by atoms with Crippen molar-refractivity contribution in [1.29, 1.82) is 0 Å². The summed E-state index contributed by atoms with van der Waals surface area (Å²) in [6, 6.07) is 1.49. The molecule has 4 heterocycles. The monoisotopic (exact) mass is 431 g/mol. The summed E-state index contributed by atoms with van der Waals surface area (Å²) < 4.78 is 36.3. The van der Waals surface area contributed by atoms with Gasteiger partial charge in [0, 0.05) is 18.5 Å². The molecule has 2 fully saturated rings. The van der Waals surface area contributed by atoms with Crippen LogP contribution < -0.4 is 0 Å². The third-order valence-corrected chi connectivity index (χ3v) is 7.27. The average Bonchev–Trinajstić information content (AvgIpc) is 3.26. The summed E-state index contributed by atoms with van der Waals surface area (Å²) in [5.74, 6) is 0.565. The fraction of sp³-hybridized carbons (Fsp3) is 0.526. The second-order valence-corrected chi connectivity index (χ2v) is 10.2. The van der Waals surface area contributed by atoms with Gasteiger partial charge in [-0.15, -0.1) is 10.2 Å². The predicted octanol–water partition coefficient (Wildman–Crippen LogP) is 2.03. The summed E-state index contributed by atoms with van der Waals surface area (Å²) in [6.45, 7) is 3.32. The van der Waals surface area contributed by atoms with Crippen LogP contribution in [0, 0.1) is 13.8 Å². The van der Waals surface area contributed by atoms with Crippen LogP contribution in [-0.4, -0.2) is 50.9 Å². The SMILES string of the molecule is Cc1nnc(COC(=O)c2cc(C3CC3)nc3c2c(C)nn3C2CCS(=O)(=O)C2)o1. The topological polar surface area (TPSA) is 130 Å². The van der Waals surface area contributed by atoms with E-state index in [0.717, 1.165) is 18.5 Å². The van der Waals surface area contributed by atoms with Gasteiger partial charge < -0.3 is 9.15 Å². The Morgan fingerprint density at radius 1 is 1.27 bits per heavy atom. The smallest absolute Gasteiger partial charge is 0.339 e. The number of carbonyl (C=O) groups excluding carboxylic acids is 1. The number of aromatic nitrogens is 5. The van der Waals surface area contributed by atoms with Gasteiger partial charge in [0.25, 0.3) is 5.89 Å². The summed E-state index contributed by atoms with van der Waals surface area (Å²) in [5.41, 5.74) is 2.34. The second kappa shape index (κ2) is 6.86. The van der Waals surface area contributed by atoms with E-state index in [2.05, 4.69) is 15.3 Å². The van der Waals surface area contributed by atoms with Crippen molar-refractivity contribution >= 4 is 26.8 Å². The Kier molecular flexibility index (Phi) is 4.38. The van der Waals surface area contributed by atoms with Gasteiger partial charge >= 0.3 is 5.97 Å². The zero-order chi connectivity index (χ0) is 21.0. The zero-order valence-electron chi connectivity index (χ0n) is 16.7. The van der Waals surface area contributed by atoms with Crippen molar-refractivity contribution in [2.45, 2.75) is 51.7 Å². The van der Waals surface area contributed by atoms with Crippen LogP contribution >= 0.6 is 0 Å². The maximum absolute atomic E-state index is 12.9. The van der Waals surface area contributed by atoms with Crippen molar-refractivity contribution in [3.05, 3.63) is 34.8 Å². The molecule has 1 unspecified atom stereocenters. The summed E-state index contributed by atoms with van der Waals surface area (Å²) >= 11 is 0. The quantitative estimate of drug-likeness (QED) is 0.557. The minimum Gasteiger partial charge on any atom is -0.452 e. The molecule has 0 bridgehead atoms. The Bertz CT molecular complexity index is 1260. The lowest BCUT2D eigenvalue weighted by molar-refractivity contribution is 0.0439. The molecule has 1 saturated heterocycles. The van der Waals surface area contributed by atoms with Crippen molar-refractivity contribution in [2.75, 3.05) is 11.5 Å². The van der Waals surface area contributed by atoms with Gasteiger partial charge in [-0.3, -0.25) is 0 Å². The highest BCUT2D eigenvalue weighted by atomic mass is 32.2. The average molecular weight is 431 g/mol. The molecule has 0 amide bonds. The lowest BCUT2D eigenvalue weighted by Gasteiger charge is -2.11. The molecule has 30 heavy (non-hydrogen) atoms. The van der Waals surface area contributed by atoms with E-state index in [1.54, 1.807) is 24.6 Å². The number of nitrogens with zero attached hydrogens (tertiary/aromatic N) is 5. The largest absolute Gasteiger partial charge is 0.452 e. The molecule has 0 N–H and O–H groups in total. The number of ether oxygens (including phenoxy) is 1. The number of fused-ring (bicyclic) bond motifs is 1. The molecule has 1 atom stereocenters. The minimum absolute atomic E-state index is 0.0366. The zero-order valence-corrected chi connectivity index (χ0v) is 17.5. The number of esters is 1. The molecule has 158 valence electrons. The molecule has 3 aromatic rings. The van der Waals surface area contributed by atoms with Crippen molar-refractivity contribution in [2.24, 2.45) is 0 Å². The number of hydrogen-bond donors (Lipinski definition) is 0. The standard InChI is InChI=1S/C19H21N5O5S/c1-10-17-14(19(25)28-8-16-22-21-11(2)29-16)7-15(12-3-4-12)20-18(17)24(23-10)13-5-6-30(26,27)9-13/h7,12-13H,3-6,8-9H2,1-2H3. The van der Waals surface area contributed by atoms with Gasteiger partial charge in [0.15, 0.2) is 22.1 Å². The highest BCUT2D eigenvalue weighted by Gasteiger charge is 2.34. The van der Waals surface area contributed by atoms with Crippen LogP contribution in [0.5, 0.6) is 0 Å². The molecule has 10 nitrogen and oxygen atoms in total. The molecule has 1 aliphatic heterocycles. The van der Waals surface area contributed by atoms with Gasteiger partial charge in [-0.1, -0.05) is 0 Å². The molecule has 5 rings (SSSR count). The number of pyridine rings is 1. The van der Waals surface area contributed by atoms with Crippen molar-refractivity contribution < 1.29 is 22.4 Å². The van der Waals surface area contributed by atoms with Crippen LogP contribution in [0.1, 0.15) is 64.7 Å². The van der Waals surface area contributed by atoms with E-state index in [1.807, 2.05) is 0 Å². The minimum atomic E-state index is -3.08. The summed E-state index contributed by atoms with van der Waals surface area (Å²) in [5, 5.41) is 12.7. The molecule has 1 saturated carbocycles. The molecular formula is C19H21N5O5S. The van der Waals surface area contributed by atoms with E-state index >= 15 is 0 Å². The number of sulfone groups is 1. The van der Waals surface area contributed by atoms with Crippen LogP contribution in [0.4, 0.5) is 0 Å². The molecule has 1 aliphatic carbocycles. The third-order valence-electron chi connectivity index (χ3n) is 5.52.